The van der Waals surface area contributed by atoms with Crippen molar-refractivity contribution in [2.45, 2.75) is 69.9 Å². The first-order valence-electron chi connectivity index (χ1n) is 8.07. The highest BCUT2D eigenvalue weighted by Gasteiger charge is 2.71. The van der Waals surface area contributed by atoms with Gasteiger partial charge in [0.05, 0.1) is 12.7 Å². The van der Waals surface area contributed by atoms with Crippen LogP contribution in [-0.4, -0.2) is 17.8 Å². The lowest BCUT2D eigenvalue weighted by Crippen LogP contribution is -2.47. The van der Waals surface area contributed by atoms with Gasteiger partial charge in [-0.1, -0.05) is 50.1 Å². The van der Waals surface area contributed by atoms with Crippen LogP contribution in [-0.2, 0) is 16.1 Å². The van der Waals surface area contributed by atoms with E-state index in [1.54, 1.807) is 0 Å². The number of hydrogen-bond donors (Lipinski definition) is 0. The smallest absolute Gasteiger partial charge is 0.114 e. The summed E-state index contributed by atoms with van der Waals surface area (Å²) in [6.07, 6.45) is 8.40. The van der Waals surface area contributed by atoms with Crippen molar-refractivity contribution in [2.75, 3.05) is 0 Å². The van der Waals surface area contributed by atoms with E-state index < -0.39 is 0 Å². The average Bonchev–Trinajstić information content (AvgIpc) is 3.21. The van der Waals surface area contributed by atoms with Gasteiger partial charge >= 0.3 is 0 Å². The topological polar surface area (TPSA) is 21.8 Å². The molecule has 4 rings (SSSR count). The number of hydrogen-bond acceptors (Lipinski definition) is 2. The van der Waals surface area contributed by atoms with Crippen molar-refractivity contribution in [3.63, 3.8) is 0 Å². The van der Waals surface area contributed by atoms with Gasteiger partial charge in [0, 0.05) is 0 Å². The Balaban J connectivity index is 1.43. The first-order valence-corrected chi connectivity index (χ1v) is 8.07. The number of ether oxygens (including phenoxy) is 2. The SMILES string of the molecule is C[C@]12CCCC[C@]13O[C@@H]3[C@H](OCc1ccccc1)CC2. The van der Waals surface area contributed by atoms with Crippen LogP contribution in [0, 0.1) is 5.41 Å². The van der Waals surface area contributed by atoms with Gasteiger partial charge in [-0.2, -0.15) is 0 Å². The molecule has 1 aromatic carbocycles. The highest BCUT2D eigenvalue weighted by molar-refractivity contribution is 5.20. The Labute approximate surface area is 121 Å². The predicted octanol–water partition coefficient (Wildman–Crippen LogP) is 4.08. The molecule has 2 heteroatoms. The molecule has 20 heavy (non-hydrogen) atoms. The Morgan fingerprint density at radius 3 is 2.80 bits per heavy atom. The van der Waals surface area contributed by atoms with E-state index in [1.165, 1.54) is 37.7 Å². The maximum Gasteiger partial charge on any atom is 0.114 e. The summed E-state index contributed by atoms with van der Waals surface area (Å²) in [4.78, 5) is 0. The number of benzene rings is 1. The van der Waals surface area contributed by atoms with Gasteiger partial charge < -0.3 is 9.47 Å². The van der Waals surface area contributed by atoms with Crippen molar-refractivity contribution in [1.29, 1.82) is 0 Å². The molecule has 1 aromatic rings. The zero-order valence-electron chi connectivity index (χ0n) is 12.3. The fourth-order valence-corrected chi connectivity index (χ4v) is 4.57. The summed E-state index contributed by atoms with van der Waals surface area (Å²) >= 11 is 0. The summed E-state index contributed by atoms with van der Waals surface area (Å²) in [5.41, 5.74) is 1.85. The third-order valence-electron chi connectivity index (χ3n) is 5.91. The molecule has 0 aromatic heterocycles. The Morgan fingerprint density at radius 2 is 1.95 bits per heavy atom. The molecule has 1 heterocycles. The molecular weight excluding hydrogens is 248 g/mol. The zero-order valence-corrected chi connectivity index (χ0v) is 12.3. The Bertz CT molecular complexity index is 485. The van der Waals surface area contributed by atoms with Crippen LogP contribution in [0.3, 0.4) is 0 Å². The molecule has 3 fully saturated rings. The van der Waals surface area contributed by atoms with E-state index in [2.05, 4.69) is 37.3 Å². The third kappa shape index (κ3) is 1.85. The quantitative estimate of drug-likeness (QED) is 0.773. The van der Waals surface area contributed by atoms with Crippen LogP contribution in [0.4, 0.5) is 0 Å². The lowest BCUT2D eigenvalue weighted by atomic mass is 9.59. The summed E-state index contributed by atoms with van der Waals surface area (Å²) in [6.45, 7) is 3.16. The molecule has 0 unspecified atom stereocenters. The first-order chi connectivity index (χ1) is 9.74. The van der Waals surface area contributed by atoms with Gasteiger partial charge in [-0.3, -0.25) is 0 Å². The van der Waals surface area contributed by atoms with Crippen LogP contribution in [0.2, 0.25) is 0 Å². The zero-order chi connectivity index (χ0) is 13.6. The van der Waals surface area contributed by atoms with Gasteiger partial charge in [0.2, 0.25) is 0 Å². The second kappa shape index (κ2) is 4.57. The van der Waals surface area contributed by atoms with Crippen molar-refractivity contribution in [2.24, 2.45) is 5.41 Å². The van der Waals surface area contributed by atoms with E-state index in [0.717, 1.165) is 13.0 Å². The fraction of sp³-hybridized carbons (Fsp3) is 0.667. The van der Waals surface area contributed by atoms with Gasteiger partial charge in [0.25, 0.3) is 0 Å². The van der Waals surface area contributed by atoms with Gasteiger partial charge in [-0.05, 0) is 36.7 Å². The highest BCUT2D eigenvalue weighted by atomic mass is 16.6. The Hall–Kier alpha value is -0.860. The summed E-state index contributed by atoms with van der Waals surface area (Å²) in [5, 5.41) is 0. The third-order valence-corrected chi connectivity index (χ3v) is 5.91. The molecule has 1 aliphatic heterocycles. The van der Waals surface area contributed by atoms with Crippen molar-refractivity contribution in [3.8, 4) is 0 Å². The second-order valence-electron chi connectivity index (χ2n) is 7.07. The monoisotopic (exact) mass is 272 g/mol. The van der Waals surface area contributed by atoms with Crippen molar-refractivity contribution in [3.05, 3.63) is 35.9 Å². The van der Waals surface area contributed by atoms with E-state index in [0.29, 0.717) is 17.6 Å². The number of epoxide rings is 1. The molecule has 108 valence electrons. The van der Waals surface area contributed by atoms with Gasteiger partial charge in [-0.25, -0.2) is 0 Å². The Morgan fingerprint density at radius 1 is 1.15 bits per heavy atom. The van der Waals surface area contributed by atoms with Crippen LogP contribution < -0.4 is 0 Å². The molecule has 0 N–H and O–H groups in total. The maximum atomic E-state index is 6.25. The lowest BCUT2D eigenvalue weighted by molar-refractivity contribution is -0.0167. The van der Waals surface area contributed by atoms with E-state index in [9.17, 15) is 0 Å². The largest absolute Gasteiger partial charge is 0.371 e. The molecule has 2 aliphatic carbocycles. The predicted molar refractivity (Wildman–Crippen MR) is 78.4 cm³/mol. The minimum absolute atomic E-state index is 0.171. The molecule has 0 amide bonds. The van der Waals surface area contributed by atoms with Crippen LogP contribution >= 0.6 is 0 Å². The molecule has 0 bridgehead atoms. The van der Waals surface area contributed by atoms with Crippen LogP contribution in [0.15, 0.2) is 30.3 Å². The summed E-state index contributed by atoms with van der Waals surface area (Å²) in [7, 11) is 0. The van der Waals surface area contributed by atoms with E-state index >= 15 is 0 Å². The highest BCUT2D eigenvalue weighted by Crippen LogP contribution is 2.65. The average molecular weight is 272 g/mol. The molecule has 1 saturated heterocycles. The minimum Gasteiger partial charge on any atom is -0.371 e. The summed E-state index contributed by atoms with van der Waals surface area (Å²) in [6, 6.07) is 10.5. The van der Waals surface area contributed by atoms with Gasteiger partial charge in [0.15, 0.2) is 0 Å². The fourth-order valence-electron chi connectivity index (χ4n) is 4.57. The van der Waals surface area contributed by atoms with E-state index in [-0.39, 0.29) is 5.60 Å². The van der Waals surface area contributed by atoms with E-state index in [4.69, 9.17) is 9.47 Å². The molecule has 0 radical (unpaired) electrons. The van der Waals surface area contributed by atoms with Gasteiger partial charge in [0.1, 0.15) is 11.7 Å². The molecule has 4 atom stereocenters. The second-order valence-corrected chi connectivity index (χ2v) is 7.07. The van der Waals surface area contributed by atoms with Crippen LogP contribution in [0.25, 0.3) is 0 Å². The van der Waals surface area contributed by atoms with Crippen molar-refractivity contribution < 1.29 is 9.47 Å². The van der Waals surface area contributed by atoms with E-state index in [1.807, 2.05) is 0 Å². The maximum absolute atomic E-state index is 6.25. The normalized spacial score (nSPS) is 42.6. The van der Waals surface area contributed by atoms with Crippen molar-refractivity contribution in [1.82, 2.24) is 0 Å². The Kier molecular flexibility index (Phi) is 2.94. The lowest BCUT2D eigenvalue weighted by Gasteiger charge is -2.44. The molecule has 2 saturated carbocycles. The summed E-state index contributed by atoms with van der Waals surface area (Å²) in [5.74, 6) is 0. The minimum atomic E-state index is 0.171. The van der Waals surface area contributed by atoms with Crippen LogP contribution in [0.1, 0.15) is 51.0 Å². The van der Waals surface area contributed by atoms with Crippen molar-refractivity contribution >= 4 is 0 Å². The molecule has 1 spiro atoms. The molecule has 3 aliphatic rings. The molecule has 2 nitrogen and oxygen atoms in total. The molecular formula is C18H24O2. The first kappa shape index (κ1) is 12.8. The number of rotatable bonds is 3. The standard InChI is InChI=1S/C18H24O2/c1-17-10-5-6-11-18(17)16(20-18)15(9-12-17)19-13-14-7-3-2-4-8-14/h2-4,7-8,15-16H,5-6,9-13H2,1H3/t15-,16-,17-,18-/m1/s1. The summed E-state index contributed by atoms with van der Waals surface area (Å²) < 4.78 is 12.4. The van der Waals surface area contributed by atoms with Gasteiger partial charge in [-0.15, -0.1) is 0 Å². The van der Waals surface area contributed by atoms with Crippen LogP contribution in [0.5, 0.6) is 0 Å².